The maximum atomic E-state index is 12.6. The molecule has 0 saturated heterocycles. The topological polar surface area (TPSA) is 83.6 Å². The van der Waals surface area contributed by atoms with E-state index in [4.69, 9.17) is 0 Å². The summed E-state index contributed by atoms with van der Waals surface area (Å²) < 4.78 is 1.98. The highest BCUT2D eigenvalue weighted by Gasteiger charge is 2.43. The van der Waals surface area contributed by atoms with Gasteiger partial charge in [0.2, 0.25) is 5.91 Å². The van der Waals surface area contributed by atoms with Crippen LogP contribution in [0, 0.1) is 31.1 Å². The molecule has 0 radical (unpaired) electrons. The maximum absolute atomic E-state index is 12.6. The van der Waals surface area contributed by atoms with Gasteiger partial charge in [-0.3, -0.25) is 9.36 Å². The van der Waals surface area contributed by atoms with Crippen LogP contribution in [-0.2, 0) is 4.79 Å². The van der Waals surface area contributed by atoms with Crippen LogP contribution in [0.2, 0.25) is 0 Å². The minimum absolute atomic E-state index is 0.168. The highest BCUT2D eigenvalue weighted by Crippen LogP contribution is 2.39. The smallest absolute Gasteiger partial charge is 0.231 e. The number of rotatable bonds is 7. The average molecular weight is 432 g/mol. The highest BCUT2D eigenvalue weighted by atomic mass is 32.2. The third-order valence-corrected chi connectivity index (χ3v) is 6.49. The van der Waals surface area contributed by atoms with Crippen molar-refractivity contribution in [3.05, 3.63) is 59.7 Å². The first-order valence-corrected chi connectivity index (χ1v) is 11.3. The number of amides is 1. The Hall–Kier alpha value is -3.11. The quantitative estimate of drug-likeness (QED) is 0.559. The Balaban J connectivity index is 1.61. The Morgan fingerprint density at radius 3 is 2.58 bits per heavy atom. The van der Waals surface area contributed by atoms with Crippen molar-refractivity contribution in [1.82, 2.24) is 20.1 Å². The van der Waals surface area contributed by atoms with E-state index in [2.05, 4.69) is 27.6 Å². The predicted octanol–water partition coefficient (Wildman–Crippen LogP) is 4.45. The number of aromatic nitrogens is 3. The lowest BCUT2D eigenvalue weighted by Crippen LogP contribution is -2.47. The van der Waals surface area contributed by atoms with Crippen LogP contribution in [0.5, 0.6) is 0 Å². The van der Waals surface area contributed by atoms with Gasteiger partial charge in [0.05, 0.1) is 11.8 Å². The van der Waals surface area contributed by atoms with Crippen LogP contribution in [-0.4, -0.2) is 32.0 Å². The van der Waals surface area contributed by atoms with E-state index in [9.17, 15) is 10.1 Å². The number of thioether (sulfide) groups is 1. The van der Waals surface area contributed by atoms with Gasteiger partial charge < -0.3 is 5.32 Å². The molecule has 2 aromatic carbocycles. The lowest BCUT2D eigenvalue weighted by Gasteiger charge is -2.22. The first-order chi connectivity index (χ1) is 14.9. The molecule has 4 rings (SSSR count). The van der Waals surface area contributed by atoms with Gasteiger partial charge in [-0.2, -0.15) is 5.26 Å². The van der Waals surface area contributed by atoms with Gasteiger partial charge in [0.15, 0.2) is 11.0 Å². The molecule has 6 nitrogen and oxygen atoms in total. The predicted molar refractivity (Wildman–Crippen MR) is 122 cm³/mol. The number of nitriles is 1. The summed E-state index contributed by atoms with van der Waals surface area (Å²) in [5, 5.41) is 21.9. The number of hydrogen-bond donors (Lipinski definition) is 1. The first-order valence-electron chi connectivity index (χ1n) is 10.3. The lowest BCUT2D eigenvalue weighted by molar-refractivity contribution is -0.119. The number of aryl methyl sites for hydroxylation is 2. The molecule has 3 aromatic rings. The standard InChI is InChI=1S/C24H25N5OS/c1-16-7-11-20(12-8-16)29-22(18-6-4-5-17(2)13-18)27-28-23(29)31-14-21(30)26-24(3,15-25)19-9-10-19/h4-8,11-13,19H,9-10,14H2,1-3H3,(H,26,30). The van der Waals surface area contributed by atoms with Crippen molar-refractivity contribution in [3.8, 4) is 23.1 Å². The van der Waals surface area contributed by atoms with E-state index >= 15 is 0 Å². The average Bonchev–Trinajstić information content (AvgIpc) is 3.53. The molecule has 1 N–H and O–H groups in total. The Kier molecular flexibility index (Phi) is 5.84. The summed E-state index contributed by atoms with van der Waals surface area (Å²) in [7, 11) is 0. The number of carbonyl (C=O) groups excluding carboxylic acids is 1. The molecule has 1 fully saturated rings. The number of carbonyl (C=O) groups is 1. The fourth-order valence-electron chi connectivity index (χ4n) is 3.60. The Bertz CT molecular complexity index is 1140. The number of benzene rings is 2. The van der Waals surface area contributed by atoms with Crippen molar-refractivity contribution in [2.24, 2.45) is 5.92 Å². The van der Waals surface area contributed by atoms with Crippen LogP contribution in [0.15, 0.2) is 53.7 Å². The summed E-state index contributed by atoms with van der Waals surface area (Å²) in [5.41, 5.74) is 3.42. The molecule has 7 heteroatoms. The van der Waals surface area contributed by atoms with Crippen molar-refractivity contribution in [3.63, 3.8) is 0 Å². The summed E-state index contributed by atoms with van der Waals surface area (Å²) in [6.07, 6.45) is 1.97. The summed E-state index contributed by atoms with van der Waals surface area (Å²) in [6.45, 7) is 5.89. The van der Waals surface area contributed by atoms with Gasteiger partial charge in [0.1, 0.15) is 5.54 Å². The normalized spacial score (nSPS) is 15.2. The summed E-state index contributed by atoms with van der Waals surface area (Å²) >= 11 is 1.33. The highest BCUT2D eigenvalue weighted by molar-refractivity contribution is 7.99. The number of nitrogens with zero attached hydrogens (tertiary/aromatic N) is 4. The van der Waals surface area contributed by atoms with Crippen molar-refractivity contribution in [1.29, 1.82) is 5.26 Å². The second-order valence-corrected chi connectivity index (χ2v) is 9.21. The van der Waals surface area contributed by atoms with E-state index in [0.717, 1.165) is 35.5 Å². The molecule has 1 saturated carbocycles. The zero-order valence-corrected chi connectivity index (χ0v) is 18.7. The molecule has 1 heterocycles. The van der Waals surface area contributed by atoms with Crippen molar-refractivity contribution in [2.75, 3.05) is 5.75 Å². The summed E-state index contributed by atoms with van der Waals surface area (Å²) in [4.78, 5) is 12.6. The van der Waals surface area contributed by atoms with Crippen molar-refractivity contribution in [2.45, 2.75) is 44.3 Å². The molecular weight excluding hydrogens is 406 g/mol. The van der Waals surface area contributed by atoms with Crippen LogP contribution in [0.25, 0.3) is 17.1 Å². The molecule has 31 heavy (non-hydrogen) atoms. The van der Waals surface area contributed by atoms with Crippen molar-refractivity contribution >= 4 is 17.7 Å². The lowest BCUT2D eigenvalue weighted by atomic mass is 9.98. The number of nitrogens with one attached hydrogen (secondary N) is 1. The molecule has 1 aromatic heterocycles. The van der Waals surface area contributed by atoms with Gasteiger partial charge in [0.25, 0.3) is 0 Å². The third-order valence-electron chi connectivity index (χ3n) is 5.56. The Morgan fingerprint density at radius 2 is 1.94 bits per heavy atom. The van der Waals surface area contributed by atoms with Crippen LogP contribution >= 0.6 is 11.8 Å². The zero-order chi connectivity index (χ0) is 22.0. The van der Waals surface area contributed by atoms with E-state index in [1.807, 2.05) is 60.9 Å². The molecule has 1 amide bonds. The van der Waals surface area contributed by atoms with Gasteiger partial charge in [-0.15, -0.1) is 10.2 Å². The van der Waals surface area contributed by atoms with E-state index in [1.54, 1.807) is 6.92 Å². The van der Waals surface area contributed by atoms with E-state index in [1.165, 1.54) is 17.3 Å². The van der Waals surface area contributed by atoms with Crippen LogP contribution in [0.1, 0.15) is 30.9 Å². The van der Waals surface area contributed by atoms with Crippen LogP contribution in [0.4, 0.5) is 0 Å². The second-order valence-electron chi connectivity index (χ2n) is 8.27. The van der Waals surface area contributed by atoms with Gasteiger partial charge in [0, 0.05) is 11.3 Å². The van der Waals surface area contributed by atoms with Gasteiger partial charge >= 0.3 is 0 Å². The Morgan fingerprint density at radius 1 is 1.19 bits per heavy atom. The first kappa shape index (κ1) is 21.1. The molecular formula is C24H25N5OS. The molecule has 1 atom stereocenters. The minimum Gasteiger partial charge on any atom is -0.337 e. The van der Waals surface area contributed by atoms with Gasteiger partial charge in [-0.05, 0) is 57.7 Å². The second kappa shape index (κ2) is 8.56. The van der Waals surface area contributed by atoms with E-state index in [-0.39, 0.29) is 17.6 Å². The summed E-state index contributed by atoms with van der Waals surface area (Å²) in [5.74, 6) is 0.976. The monoisotopic (exact) mass is 431 g/mol. The molecule has 1 aliphatic carbocycles. The van der Waals surface area contributed by atoms with Gasteiger partial charge in [-0.1, -0.05) is 53.2 Å². The largest absolute Gasteiger partial charge is 0.337 e. The fourth-order valence-corrected chi connectivity index (χ4v) is 4.35. The molecule has 0 spiro atoms. The van der Waals surface area contributed by atoms with Gasteiger partial charge in [-0.25, -0.2) is 0 Å². The maximum Gasteiger partial charge on any atom is 0.231 e. The van der Waals surface area contributed by atoms with Crippen LogP contribution < -0.4 is 5.32 Å². The molecule has 1 unspecified atom stereocenters. The zero-order valence-electron chi connectivity index (χ0n) is 17.9. The third kappa shape index (κ3) is 4.64. The van der Waals surface area contributed by atoms with E-state index in [0.29, 0.717) is 5.16 Å². The minimum atomic E-state index is -0.797. The number of hydrogen-bond acceptors (Lipinski definition) is 5. The van der Waals surface area contributed by atoms with Crippen molar-refractivity contribution < 1.29 is 4.79 Å². The molecule has 158 valence electrons. The fraction of sp³-hybridized carbons (Fsp3) is 0.333. The molecule has 0 bridgehead atoms. The molecule has 1 aliphatic rings. The van der Waals surface area contributed by atoms with Crippen LogP contribution in [0.3, 0.4) is 0 Å². The summed E-state index contributed by atoms with van der Waals surface area (Å²) in [6, 6.07) is 18.5. The van der Waals surface area contributed by atoms with E-state index < -0.39 is 5.54 Å². The molecule has 0 aliphatic heterocycles. The SMILES string of the molecule is Cc1ccc(-n2c(SCC(=O)NC(C)(C#N)C3CC3)nnc2-c2cccc(C)c2)cc1. The Labute approximate surface area is 186 Å².